The molecule has 0 aliphatic heterocycles. The number of rotatable bonds is 4. The van der Waals surface area contributed by atoms with Gasteiger partial charge in [0.15, 0.2) is 6.54 Å². The molecule has 2 N–H and O–H groups in total. The van der Waals surface area contributed by atoms with Gasteiger partial charge in [0.2, 0.25) is 0 Å². The fourth-order valence-electron chi connectivity index (χ4n) is 1.59. The highest BCUT2D eigenvalue weighted by Crippen LogP contribution is 2.26. The first-order valence-electron chi connectivity index (χ1n) is 6.81. The van der Waals surface area contributed by atoms with Crippen molar-refractivity contribution < 1.29 is 24.5 Å². The van der Waals surface area contributed by atoms with Crippen molar-refractivity contribution in [3.63, 3.8) is 0 Å². The number of amides is 1. The second kappa shape index (κ2) is 10.7. The first-order valence-corrected chi connectivity index (χ1v) is 6.81. The number of nitrogens with one attached hydrogen (secondary N) is 1. The van der Waals surface area contributed by atoms with E-state index >= 15 is 0 Å². The molecule has 0 atom stereocenters. The number of quaternary nitrogens is 1. The zero-order valence-electron chi connectivity index (χ0n) is 14.1. The normalized spacial score (nSPS) is 9.78. The minimum absolute atomic E-state index is 0. The van der Waals surface area contributed by atoms with Crippen LogP contribution in [-0.4, -0.2) is 51.5 Å². The van der Waals surface area contributed by atoms with Crippen molar-refractivity contribution in [2.24, 2.45) is 0 Å². The molecule has 23 heavy (non-hydrogen) atoms. The average Bonchev–Trinajstić information content (AvgIpc) is 2.42. The number of carboxylic acid groups (broad SMARTS) is 1. The molecule has 7 nitrogen and oxygen atoms in total. The summed E-state index contributed by atoms with van der Waals surface area (Å²) in [6.07, 6.45) is -1.25. The number of phenolic OH excluding ortho intramolecular Hbond substituents is 1. The molecule has 0 aliphatic carbocycles. The maximum absolute atomic E-state index is 11.5. The Morgan fingerprint density at radius 1 is 1.35 bits per heavy atom. The van der Waals surface area contributed by atoms with E-state index in [9.17, 15) is 9.90 Å². The van der Waals surface area contributed by atoms with Gasteiger partial charge in [0.25, 0.3) is 0 Å². The van der Waals surface area contributed by atoms with Gasteiger partial charge >= 0.3 is 5.97 Å². The van der Waals surface area contributed by atoms with Crippen LogP contribution in [0.5, 0.6) is 5.75 Å². The molecule has 1 aromatic carbocycles. The maximum atomic E-state index is 11.5. The second-order valence-electron chi connectivity index (χ2n) is 5.16. The lowest BCUT2D eigenvalue weighted by Crippen LogP contribution is -2.45. The molecule has 0 spiro atoms. The zero-order chi connectivity index (χ0) is 17.3. The van der Waals surface area contributed by atoms with Crippen molar-refractivity contribution in [2.45, 2.75) is 13.8 Å². The van der Waals surface area contributed by atoms with Crippen LogP contribution < -0.4 is 14.9 Å². The Balaban J connectivity index is 0. The van der Waals surface area contributed by atoms with Gasteiger partial charge in [-0.1, -0.05) is 0 Å². The number of carbonyl (C=O) groups is 2. The molecule has 0 unspecified atom stereocenters. The van der Waals surface area contributed by atoms with Crippen LogP contribution in [0.4, 0.5) is 10.5 Å². The Hall–Kier alpha value is -1.99. The van der Waals surface area contributed by atoms with Gasteiger partial charge in [-0.3, -0.25) is 4.48 Å². The van der Waals surface area contributed by atoms with E-state index in [2.05, 4.69) is 0 Å². The summed E-state index contributed by atoms with van der Waals surface area (Å²) in [7, 11) is 5.09. The molecular formula is C15H25ClN2O5. The number of ether oxygens (including phenoxy) is 1. The van der Waals surface area contributed by atoms with E-state index < -0.39 is 6.09 Å². The number of phenols is 1. The van der Waals surface area contributed by atoms with Crippen molar-refractivity contribution in [2.75, 3.05) is 34.3 Å². The molecular weight excluding hydrogens is 324 g/mol. The van der Waals surface area contributed by atoms with Crippen LogP contribution >= 0.6 is 12.4 Å². The van der Waals surface area contributed by atoms with Crippen LogP contribution in [-0.2, 0) is 9.53 Å². The molecule has 0 saturated heterocycles. The number of likely N-dealkylation sites (N-methyl/N-ethyl adjacent to an activating group) is 1. The number of hydrogen-bond acceptors (Lipinski definition) is 5. The molecule has 1 rings (SSSR count). The SMILES string of the molecule is CCOC(=O)C[N+](C)(C)c1ccc(C)c(O)c1.CNC(=O)[O-].Cl. The minimum atomic E-state index is -1.25. The Labute approximate surface area is 142 Å². The summed E-state index contributed by atoms with van der Waals surface area (Å²) in [5, 5.41) is 20.7. The summed E-state index contributed by atoms with van der Waals surface area (Å²) in [4.78, 5) is 20.6. The quantitative estimate of drug-likeness (QED) is 0.619. The average molecular weight is 349 g/mol. The third-order valence-electron chi connectivity index (χ3n) is 2.93. The zero-order valence-corrected chi connectivity index (χ0v) is 14.9. The fourth-order valence-corrected chi connectivity index (χ4v) is 1.59. The summed E-state index contributed by atoms with van der Waals surface area (Å²) < 4.78 is 5.29. The molecule has 0 fully saturated rings. The van der Waals surface area contributed by atoms with Crippen molar-refractivity contribution in [1.29, 1.82) is 0 Å². The summed E-state index contributed by atoms with van der Waals surface area (Å²) >= 11 is 0. The van der Waals surface area contributed by atoms with Crippen LogP contribution in [0.15, 0.2) is 18.2 Å². The second-order valence-corrected chi connectivity index (χ2v) is 5.16. The number of carbonyl (C=O) groups excluding carboxylic acids is 2. The Morgan fingerprint density at radius 2 is 1.87 bits per heavy atom. The molecule has 132 valence electrons. The molecule has 0 aromatic heterocycles. The standard InChI is InChI=1S/C13H19NO3.C2H5NO2.ClH/c1-5-17-13(16)9-14(3,4)11-7-6-10(2)12(15)8-11;1-3-2(4)5;/h6-8H,5,9H2,1-4H3;3H,1H3,(H,4,5);1H. The van der Waals surface area contributed by atoms with Crippen LogP contribution in [0.3, 0.4) is 0 Å². The lowest BCUT2D eigenvalue weighted by atomic mass is 10.2. The highest BCUT2D eigenvalue weighted by Gasteiger charge is 2.24. The Kier molecular flexibility index (Phi) is 10.8. The van der Waals surface area contributed by atoms with Gasteiger partial charge in [-0.25, -0.2) is 4.79 Å². The number of aryl methyl sites for hydroxylation is 1. The first-order chi connectivity index (χ1) is 10.1. The number of halogens is 1. The molecule has 0 aliphatic rings. The molecule has 0 bridgehead atoms. The molecule has 8 heteroatoms. The monoisotopic (exact) mass is 348 g/mol. The lowest BCUT2D eigenvalue weighted by Gasteiger charge is -2.28. The van der Waals surface area contributed by atoms with Gasteiger partial charge in [-0.05, 0) is 31.5 Å². The van der Waals surface area contributed by atoms with E-state index in [1.165, 1.54) is 7.05 Å². The number of benzene rings is 1. The molecule has 1 amide bonds. The highest BCUT2D eigenvalue weighted by molar-refractivity contribution is 5.85. The summed E-state index contributed by atoms with van der Waals surface area (Å²) in [6.45, 7) is 4.26. The van der Waals surface area contributed by atoms with Crippen molar-refractivity contribution in [3.8, 4) is 5.75 Å². The molecule has 0 heterocycles. The highest BCUT2D eigenvalue weighted by atomic mass is 35.5. The third-order valence-corrected chi connectivity index (χ3v) is 2.93. The number of hydrogen-bond donors (Lipinski definition) is 2. The Morgan fingerprint density at radius 3 is 2.26 bits per heavy atom. The maximum Gasteiger partial charge on any atom is 0.362 e. The minimum Gasteiger partial charge on any atom is -0.530 e. The Bertz CT molecular complexity index is 521. The lowest BCUT2D eigenvalue weighted by molar-refractivity contribution is -0.250. The number of aromatic hydroxyl groups is 1. The van der Waals surface area contributed by atoms with Crippen LogP contribution in [0.2, 0.25) is 0 Å². The van der Waals surface area contributed by atoms with Gasteiger partial charge in [-0.2, -0.15) is 0 Å². The predicted molar refractivity (Wildman–Crippen MR) is 89.7 cm³/mol. The van der Waals surface area contributed by atoms with Crippen molar-refractivity contribution in [3.05, 3.63) is 23.8 Å². The van der Waals surface area contributed by atoms with Crippen molar-refractivity contribution in [1.82, 2.24) is 9.80 Å². The van der Waals surface area contributed by atoms with Gasteiger partial charge < -0.3 is 25.1 Å². The van der Waals surface area contributed by atoms with Crippen molar-refractivity contribution >= 4 is 30.2 Å². The van der Waals surface area contributed by atoms with Gasteiger partial charge in [0.05, 0.1) is 20.7 Å². The molecule has 0 radical (unpaired) electrons. The van der Waals surface area contributed by atoms with Crippen LogP contribution in [0, 0.1) is 6.92 Å². The topological polar surface area (TPSA) is 98.7 Å². The van der Waals surface area contributed by atoms with E-state index in [4.69, 9.17) is 14.6 Å². The summed E-state index contributed by atoms with van der Waals surface area (Å²) in [5.74, 6) is 0.00937. The van der Waals surface area contributed by atoms with Crippen LogP contribution in [0.1, 0.15) is 12.5 Å². The summed E-state index contributed by atoms with van der Waals surface area (Å²) in [6, 6.07) is 5.44. The number of nitrogens with zero attached hydrogens (tertiary/aromatic N) is 1. The molecule has 1 aromatic rings. The van der Waals surface area contributed by atoms with E-state index in [1.807, 2.05) is 38.5 Å². The van der Waals surface area contributed by atoms with Gasteiger partial charge in [0, 0.05) is 13.1 Å². The predicted octanol–water partition coefficient (Wildman–Crippen LogP) is 0.802. The van der Waals surface area contributed by atoms with E-state index in [0.717, 1.165) is 11.3 Å². The third kappa shape index (κ3) is 8.90. The van der Waals surface area contributed by atoms with Crippen LogP contribution in [0.25, 0.3) is 0 Å². The smallest absolute Gasteiger partial charge is 0.362 e. The fraction of sp³-hybridized carbons (Fsp3) is 0.467. The largest absolute Gasteiger partial charge is 0.530 e. The van der Waals surface area contributed by atoms with Gasteiger partial charge in [0.1, 0.15) is 17.5 Å². The summed E-state index contributed by atoms with van der Waals surface area (Å²) in [5.41, 5.74) is 1.70. The van der Waals surface area contributed by atoms with E-state index in [1.54, 1.807) is 13.0 Å². The van der Waals surface area contributed by atoms with E-state index in [0.29, 0.717) is 11.1 Å². The molecule has 0 saturated carbocycles. The van der Waals surface area contributed by atoms with E-state index in [-0.39, 0.29) is 30.7 Å². The number of esters is 1. The van der Waals surface area contributed by atoms with Gasteiger partial charge in [-0.15, -0.1) is 12.4 Å². The first kappa shape index (κ1) is 23.3.